The van der Waals surface area contributed by atoms with Gasteiger partial charge in [0.05, 0.1) is 4.47 Å². The minimum Gasteiger partial charge on any atom is -0.504 e. The van der Waals surface area contributed by atoms with E-state index in [1.807, 2.05) is 13.8 Å². The molecule has 1 aromatic rings. The van der Waals surface area contributed by atoms with E-state index in [-0.39, 0.29) is 17.5 Å². The summed E-state index contributed by atoms with van der Waals surface area (Å²) in [5, 5.41) is 18.8. The lowest BCUT2D eigenvalue weighted by Gasteiger charge is -2.13. The van der Waals surface area contributed by atoms with Crippen LogP contribution in [-0.2, 0) is 6.42 Å². The average molecular weight is 260 g/mol. The molecule has 1 rings (SSSR count). The van der Waals surface area contributed by atoms with Crippen LogP contribution in [0.25, 0.3) is 0 Å². The highest BCUT2D eigenvalue weighted by Crippen LogP contribution is 2.38. The van der Waals surface area contributed by atoms with E-state index in [1.54, 1.807) is 0 Å². The minimum absolute atomic E-state index is 0.0222. The molecule has 0 aliphatic rings. The number of aryl methyl sites for hydroxylation is 1. The number of benzene rings is 1. The van der Waals surface area contributed by atoms with Crippen LogP contribution in [0, 0.1) is 6.92 Å². The Morgan fingerprint density at radius 1 is 1.50 bits per heavy atom. The minimum atomic E-state index is -0.119. The smallest absolute Gasteiger partial charge is 0.172 e. The zero-order chi connectivity index (χ0) is 10.9. The highest BCUT2D eigenvalue weighted by atomic mass is 79.9. The summed E-state index contributed by atoms with van der Waals surface area (Å²) in [5.74, 6) is -0.228. The summed E-state index contributed by atoms with van der Waals surface area (Å²) in [6.07, 6.45) is 0.667. The molecular formula is C10H14BrNO2. The third kappa shape index (κ3) is 2.19. The second-order valence-corrected chi connectivity index (χ2v) is 4.33. The second-order valence-electron chi connectivity index (χ2n) is 3.54. The third-order valence-corrected chi connectivity index (χ3v) is 2.92. The van der Waals surface area contributed by atoms with Gasteiger partial charge in [0.1, 0.15) is 0 Å². The summed E-state index contributed by atoms with van der Waals surface area (Å²) in [7, 11) is 0. The largest absolute Gasteiger partial charge is 0.504 e. The van der Waals surface area contributed by atoms with Gasteiger partial charge in [0, 0.05) is 6.04 Å². The maximum Gasteiger partial charge on any atom is 0.172 e. The lowest BCUT2D eigenvalue weighted by Crippen LogP contribution is -2.18. The lowest BCUT2D eigenvalue weighted by molar-refractivity contribution is 0.400. The fourth-order valence-electron chi connectivity index (χ4n) is 1.36. The summed E-state index contributed by atoms with van der Waals surface area (Å²) in [4.78, 5) is 0. The Balaban J connectivity index is 3.22. The van der Waals surface area contributed by atoms with E-state index in [9.17, 15) is 10.2 Å². The first-order chi connectivity index (χ1) is 6.43. The van der Waals surface area contributed by atoms with Crippen molar-refractivity contribution < 1.29 is 10.2 Å². The van der Waals surface area contributed by atoms with Gasteiger partial charge >= 0.3 is 0 Å². The molecule has 1 unspecified atom stereocenters. The molecule has 0 spiro atoms. The predicted octanol–water partition coefficient (Wildman–Crippen LogP) is 2.06. The van der Waals surface area contributed by atoms with Gasteiger partial charge in [0.2, 0.25) is 0 Å². The maximum atomic E-state index is 9.49. The van der Waals surface area contributed by atoms with Crippen molar-refractivity contribution in [1.82, 2.24) is 0 Å². The van der Waals surface area contributed by atoms with Gasteiger partial charge in [0.25, 0.3) is 0 Å². The number of phenols is 2. The fourth-order valence-corrected chi connectivity index (χ4v) is 2.04. The molecule has 0 heterocycles. The van der Waals surface area contributed by atoms with Crippen molar-refractivity contribution in [3.05, 3.63) is 21.7 Å². The van der Waals surface area contributed by atoms with Crippen LogP contribution in [0.3, 0.4) is 0 Å². The molecule has 1 atom stereocenters. The van der Waals surface area contributed by atoms with E-state index in [1.165, 1.54) is 6.07 Å². The molecule has 0 saturated carbocycles. The van der Waals surface area contributed by atoms with Crippen molar-refractivity contribution >= 4 is 15.9 Å². The fraction of sp³-hybridized carbons (Fsp3) is 0.400. The number of hydrogen-bond acceptors (Lipinski definition) is 3. The normalized spacial score (nSPS) is 12.9. The van der Waals surface area contributed by atoms with Crippen LogP contribution in [0.1, 0.15) is 18.1 Å². The van der Waals surface area contributed by atoms with Crippen LogP contribution in [-0.4, -0.2) is 16.3 Å². The molecule has 0 amide bonds. The zero-order valence-corrected chi connectivity index (χ0v) is 9.80. The van der Waals surface area contributed by atoms with Crippen LogP contribution in [0.15, 0.2) is 10.5 Å². The maximum absolute atomic E-state index is 9.49. The van der Waals surface area contributed by atoms with E-state index in [4.69, 9.17) is 5.73 Å². The van der Waals surface area contributed by atoms with Gasteiger partial charge in [0.15, 0.2) is 11.5 Å². The predicted molar refractivity (Wildman–Crippen MR) is 59.6 cm³/mol. The summed E-state index contributed by atoms with van der Waals surface area (Å²) in [6.45, 7) is 3.78. The lowest BCUT2D eigenvalue weighted by atomic mass is 10.0. The number of rotatable bonds is 2. The van der Waals surface area contributed by atoms with Crippen molar-refractivity contribution in [2.75, 3.05) is 0 Å². The van der Waals surface area contributed by atoms with Gasteiger partial charge in [-0.1, -0.05) is 0 Å². The van der Waals surface area contributed by atoms with Crippen LogP contribution in [0.4, 0.5) is 0 Å². The molecule has 4 heteroatoms. The van der Waals surface area contributed by atoms with E-state index in [0.29, 0.717) is 10.9 Å². The van der Waals surface area contributed by atoms with E-state index in [2.05, 4.69) is 15.9 Å². The molecular weight excluding hydrogens is 246 g/mol. The number of hydrogen-bond donors (Lipinski definition) is 3. The number of nitrogens with two attached hydrogens (primary N) is 1. The Labute approximate surface area is 91.7 Å². The summed E-state index contributed by atoms with van der Waals surface area (Å²) in [6, 6.07) is 1.56. The van der Waals surface area contributed by atoms with Gasteiger partial charge < -0.3 is 15.9 Å². The van der Waals surface area contributed by atoms with Crippen molar-refractivity contribution in [2.24, 2.45) is 5.73 Å². The first-order valence-electron chi connectivity index (χ1n) is 4.39. The van der Waals surface area contributed by atoms with Crippen molar-refractivity contribution in [3.8, 4) is 11.5 Å². The molecule has 3 nitrogen and oxygen atoms in total. The van der Waals surface area contributed by atoms with E-state index in [0.717, 1.165) is 11.1 Å². The monoisotopic (exact) mass is 259 g/mol. The zero-order valence-electron chi connectivity index (χ0n) is 8.21. The van der Waals surface area contributed by atoms with Crippen LogP contribution in [0.2, 0.25) is 0 Å². The van der Waals surface area contributed by atoms with Crippen LogP contribution < -0.4 is 5.73 Å². The molecule has 4 N–H and O–H groups in total. The molecule has 1 aromatic carbocycles. The first-order valence-corrected chi connectivity index (χ1v) is 5.18. The standard InChI is InChI=1S/C10H14BrNO2/c1-5-3-8(13)10(14)9(11)7(5)4-6(2)12/h3,6,13-14H,4,12H2,1-2H3. The quantitative estimate of drug-likeness (QED) is 0.713. The first kappa shape index (κ1) is 11.3. The highest BCUT2D eigenvalue weighted by molar-refractivity contribution is 9.10. The molecule has 0 bridgehead atoms. The summed E-state index contributed by atoms with van der Waals surface area (Å²) < 4.78 is 0.535. The molecule has 0 aliphatic heterocycles. The Bertz CT molecular complexity index is 350. The third-order valence-electron chi connectivity index (χ3n) is 2.07. The van der Waals surface area contributed by atoms with Crippen LogP contribution in [0.5, 0.6) is 11.5 Å². The molecule has 14 heavy (non-hydrogen) atoms. The number of aromatic hydroxyl groups is 2. The Morgan fingerprint density at radius 2 is 2.07 bits per heavy atom. The van der Waals surface area contributed by atoms with Crippen molar-refractivity contribution in [3.63, 3.8) is 0 Å². The summed E-state index contributed by atoms with van der Waals surface area (Å²) >= 11 is 3.24. The molecule has 0 fully saturated rings. The molecule has 0 radical (unpaired) electrons. The van der Waals surface area contributed by atoms with Gasteiger partial charge in [-0.2, -0.15) is 0 Å². The Morgan fingerprint density at radius 3 is 2.57 bits per heavy atom. The number of halogens is 1. The second kappa shape index (κ2) is 4.19. The molecule has 0 saturated heterocycles. The van der Waals surface area contributed by atoms with Gasteiger partial charge in [-0.3, -0.25) is 0 Å². The Kier molecular flexibility index (Phi) is 3.39. The number of phenolic OH excluding ortho intramolecular Hbond substituents is 2. The molecule has 0 aromatic heterocycles. The SMILES string of the molecule is Cc1cc(O)c(O)c(Br)c1CC(C)N. The van der Waals surface area contributed by atoms with E-state index < -0.39 is 0 Å². The Hall–Kier alpha value is -0.740. The average Bonchev–Trinajstić information content (AvgIpc) is 2.09. The topological polar surface area (TPSA) is 66.5 Å². The highest BCUT2D eigenvalue weighted by Gasteiger charge is 2.13. The summed E-state index contributed by atoms with van der Waals surface area (Å²) in [5.41, 5.74) is 7.55. The van der Waals surface area contributed by atoms with Gasteiger partial charge in [-0.05, 0) is 53.4 Å². The van der Waals surface area contributed by atoms with Crippen molar-refractivity contribution in [2.45, 2.75) is 26.3 Å². The van der Waals surface area contributed by atoms with Gasteiger partial charge in [-0.15, -0.1) is 0 Å². The molecule has 0 aliphatic carbocycles. The van der Waals surface area contributed by atoms with Gasteiger partial charge in [-0.25, -0.2) is 0 Å². The van der Waals surface area contributed by atoms with Crippen molar-refractivity contribution in [1.29, 1.82) is 0 Å². The van der Waals surface area contributed by atoms with E-state index >= 15 is 0 Å². The molecule has 78 valence electrons. The van der Waals surface area contributed by atoms with Crippen LogP contribution >= 0.6 is 15.9 Å².